The van der Waals surface area contributed by atoms with Crippen molar-refractivity contribution >= 4 is 39.8 Å². The molecular weight excluding hydrogens is 721 g/mol. The third-order valence-electron chi connectivity index (χ3n) is 8.90. The van der Waals surface area contributed by atoms with Gasteiger partial charge in [0.1, 0.15) is 35.3 Å². The van der Waals surface area contributed by atoms with E-state index in [0.717, 1.165) is 0 Å². The molecule has 0 radical (unpaired) electrons. The standard InChI is InChI=1S/C38H48N4O11S/c1-38(2,3)53-37(47)40-31(23-50-18-9-5-6-11-24-20-30(24)34(44)41-54(48,49)29-16-17-29)35(45)42-22-28(21-32(42)33(39)43)52-36(46)25-12-10-15-27(19-25)51-26-13-7-4-8-14-26/h4,6-8,10-15,19,24,28-32H,5,9,16-18,20-23H2,1-3H3,(H2,39,43)(H,40,47)(H,41,44)/b11-6-/t24-,28-,30+,31+,32+/m1/s1. The maximum absolute atomic E-state index is 13.9. The van der Waals surface area contributed by atoms with Gasteiger partial charge in [-0.3, -0.25) is 19.1 Å². The number of hydrogen-bond donors (Lipinski definition) is 3. The van der Waals surface area contributed by atoms with E-state index >= 15 is 0 Å². The Bertz CT molecular complexity index is 1830. The van der Waals surface area contributed by atoms with Crippen LogP contribution in [0.25, 0.3) is 0 Å². The fraction of sp³-hybridized carbons (Fsp3) is 0.500. The number of sulfonamides is 1. The first-order valence-corrected chi connectivity index (χ1v) is 19.6. The highest BCUT2D eigenvalue weighted by atomic mass is 32.2. The number of primary amides is 1. The van der Waals surface area contributed by atoms with Crippen molar-refractivity contribution in [2.75, 3.05) is 19.8 Å². The van der Waals surface area contributed by atoms with E-state index in [4.69, 9.17) is 24.7 Å². The molecule has 3 fully saturated rings. The predicted molar refractivity (Wildman–Crippen MR) is 196 cm³/mol. The average molecular weight is 769 g/mol. The van der Waals surface area contributed by atoms with Crippen LogP contribution >= 0.6 is 0 Å². The normalized spacial score (nSPS) is 21.6. The Balaban J connectivity index is 1.13. The molecule has 2 saturated carbocycles. The maximum atomic E-state index is 13.9. The number of amides is 4. The molecule has 2 aliphatic carbocycles. The number of alkyl carbamates (subject to hydrolysis) is 1. The van der Waals surface area contributed by atoms with Gasteiger partial charge in [0.25, 0.3) is 0 Å². The average Bonchev–Trinajstić information content (AvgIpc) is 4.04. The number of carbonyl (C=O) groups excluding carboxylic acids is 5. The Hall–Kier alpha value is -4.96. The van der Waals surface area contributed by atoms with Crippen LogP contribution in [0.5, 0.6) is 11.5 Å². The molecule has 54 heavy (non-hydrogen) atoms. The molecule has 5 rings (SSSR count). The van der Waals surface area contributed by atoms with E-state index in [1.807, 2.05) is 30.4 Å². The lowest BCUT2D eigenvalue weighted by atomic mass is 10.1. The van der Waals surface area contributed by atoms with Crippen molar-refractivity contribution in [3.63, 3.8) is 0 Å². The van der Waals surface area contributed by atoms with Crippen LogP contribution < -0.4 is 20.5 Å². The van der Waals surface area contributed by atoms with Crippen LogP contribution in [0.1, 0.15) is 69.7 Å². The molecule has 1 aliphatic heterocycles. The number of benzene rings is 2. The number of rotatable bonds is 17. The van der Waals surface area contributed by atoms with Gasteiger partial charge in [0, 0.05) is 18.9 Å². The number of unbranched alkanes of at least 4 members (excludes halogenated alkanes) is 1. The zero-order chi connectivity index (χ0) is 39.0. The molecule has 0 aromatic heterocycles. The van der Waals surface area contributed by atoms with Gasteiger partial charge >= 0.3 is 12.1 Å². The van der Waals surface area contributed by atoms with E-state index < -0.39 is 68.8 Å². The number of carbonyl (C=O) groups is 5. The molecule has 16 heteroatoms. The minimum atomic E-state index is -3.57. The highest BCUT2D eigenvalue weighted by molar-refractivity contribution is 7.90. The molecular formula is C38H48N4O11S. The Morgan fingerprint density at radius 2 is 1.72 bits per heavy atom. The van der Waals surface area contributed by atoms with Gasteiger partial charge in [0.15, 0.2) is 0 Å². The third-order valence-corrected chi connectivity index (χ3v) is 10.7. The summed E-state index contributed by atoms with van der Waals surface area (Å²) >= 11 is 0. The zero-order valence-electron chi connectivity index (χ0n) is 30.6. The summed E-state index contributed by atoms with van der Waals surface area (Å²) in [5, 5.41) is 2.08. The first-order chi connectivity index (χ1) is 25.6. The van der Waals surface area contributed by atoms with E-state index in [1.165, 1.54) is 11.0 Å². The number of nitrogens with one attached hydrogen (secondary N) is 2. The summed E-state index contributed by atoms with van der Waals surface area (Å²) in [6.45, 7) is 4.83. The highest BCUT2D eigenvalue weighted by Gasteiger charge is 2.45. The lowest BCUT2D eigenvalue weighted by molar-refractivity contribution is -0.140. The Morgan fingerprint density at radius 3 is 2.41 bits per heavy atom. The van der Waals surface area contributed by atoms with Crippen LogP contribution in [0.15, 0.2) is 66.7 Å². The van der Waals surface area contributed by atoms with Crippen LogP contribution in [0.2, 0.25) is 0 Å². The van der Waals surface area contributed by atoms with Crippen LogP contribution in [0.3, 0.4) is 0 Å². The molecule has 3 aliphatic rings. The lowest BCUT2D eigenvalue weighted by Crippen LogP contribution is -2.55. The number of nitrogens with zero attached hydrogens (tertiary/aromatic N) is 1. The van der Waals surface area contributed by atoms with E-state index in [1.54, 1.807) is 51.1 Å². The topological polar surface area (TPSA) is 210 Å². The van der Waals surface area contributed by atoms with Gasteiger partial charge in [-0.25, -0.2) is 18.0 Å². The minimum absolute atomic E-state index is 0.0269. The molecule has 5 atom stereocenters. The number of esters is 1. The van der Waals surface area contributed by atoms with Crippen LogP contribution in [-0.4, -0.2) is 91.9 Å². The number of nitrogens with two attached hydrogens (primary N) is 1. The molecule has 2 aromatic rings. The second-order valence-electron chi connectivity index (χ2n) is 14.7. The van der Waals surface area contributed by atoms with Crippen molar-refractivity contribution in [1.29, 1.82) is 0 Å². The summed E-state index contributed by atoms with van der Waals surface area (Å²) in [4.78, 5) is 65.7. The summed E-state index contributed by atoms with van der Waals surface area (Å²) in [6.07, 6.45) is 4.89. The number of allylic oxidation sites excluding steroid dienone is 2. The summed E-state index contributed by atoms with van der Waals surface area (Å²) in [7, 11) is -3.57. The molecule has 2 aromatic carbocycles. The quantitative estimate of drug-likeness (QED) is 0.120. The van der Waals surface area contributed by atoms with Gasteiger partial charge in [-0.15, -0.1) is 0 Å². The summed E-state index contributed by atoms with van der Waals surface area (Å²) in [6, 6.07) is 13.1. The molecule has 0 bridgehead atoms. The van der Waals surface area contributed by atoms with Crippen LogP contribution in [0, 0.1) is 11.8 Å². The van der Waals surface area contributed by atoms with Crippen molar-refractivity contribution < 1.29 is 51.3 Å². The maximum Gasteiger partial charge on any atom is 0.408 e. The van der Waals surface area contributed by atoms with Crippen molar-refractivity contribution in [3.05, 3.63) is 72.3 Å². The number of ether oxygens (including phenoxy) is 4. The van der Waals surface area contributed by atoms with Crippen LogP contribution in [-0.2, 0) is 38.6 Å². The molecule has 4 N–H and O–H groups in total. The van der Waals surface area contributed by atoms with Crippen LogP contribution in [0.4, 0.5) is 4.79 Å². The van der Waals surface area contributed by atoms with Crippen molar-refractivity contribution in [1.82, 2.24) is 14.9 Å². The smallest absolute Gasteiger partial charge is 0.408 e. The van der Waals surface area contributed by atoms with E-state index in [2.05, 4.69) is 10.0 Å². The van der Waals surface area contributed by atoms with Gasteiger partial charge in [-0.2, -0.15) is 0 Å². The summed E-state index contributed by atoms with van der Waals surface area (Å²) < 4.78 is 48.9. The highest BCUT2D eigenvalue weighted by Crippen LogP contribution is 2.40. The second-order valence-corrected chi connectivity index (χ2v) is 16.6. The minimum Gasteiger partial charge on any atom is -0.457 e. The van der Waals surface area contributed by atoms with E-state index in [9.17, 15) is 32.4 Å². The third kappa shape index (κ3) is 11.8. The fourth-order valence-corrected chi connectivity index (χ4v) is 7.29. The summed E-state index contributed by atoms with van der Waals surface area (Å²) in [5.41, 5.74) is 5.03. The number of para-hydroxylation sites is 1. The Kier molecular flexibility index (Phi) is 13.0. The number of likely N-dealkylation sites (tertiary alicyclic amines) is 1. The van der Waals surface area contributed by atoms with Crippen molar-refractivity contribution in [2.45, 2.75) is 88.3 Å². The van der Waals surface area contributed by atoms with Gasteiger partial charge < -0.3 is 34.9 Å². The first-order valence-electron chi connectivity index (χ1n) is 18.0. The first kappa shape index (κ1) is 40.2. The molecule has 15 nitrogen and oxygen atoms in total. The SMILES string of the molecule is CC(C)(C)OC(=O)N[C@@H](COCCC/C=C\[C@@H]1C[C@@H]1C(=O)NS(=O)(=O)C1CC1)C(=O)N1C[C@H](OC(=O)c2cccc(Oc3ccccc3)c2)C[C@H]1C(N)=O. The monoisotopic (exact) mass is 768 g/mol. The van der Waals surface area contributed by atoms with E-state index in [-0.39, 0.29) is 43.6 Å². The van der Waals surface area contributed by atoms with Gasteiger partial charge in [0.05, 0.1) is 24.0 Å². The van der Waals surface area contributed by atoms with Crippen molar-refractivity contribution in [3.8, 4) is 11.5 Å². The van der Waals surface area contributed by atoms with Gasteiger partial charge in [0.2, 0.25) is 27.7 Å². The predicted octanol–water partition coefficient (Wildman–Crippen LogP) is 3.58. The molecule has 0 unspecified atom stereocenters. The molecule has 1 heterocycles. The fourth-order valence-electron chi connectivity index (χ4n) is 5.93. The molecule has 1 saturated heterocycles. The second kappa shape index (κ2) is 17.5. The summed E-state index contributed by atoms with van der Waals surface area (Å²) in [5.74, 6) is -2.00. The Labute approximate surface area is 314 Å². The van der Waals surface area contributed by atoms with Crippen molar-refractivity contribution in [2.24, 2.45) is 17.6 Å². The lowest BCUT2D eigenvalue weighted by Gasteiger charge is -2.28. The molecule has 292 valence electrons. The van der Waals surface area contributed by atoms with Gasteiger partial charge in [-0.05, 0) is 89.1 Å². The Morgan fingerprint density at radius 1 is 1.00 bits per heavy atom. The van der Waals surface area contributed by atoms with Gasteiger partial charge in [-0.1, -0.05) is 36.4 Å². The largest absolute Gasteiger partial charge is 0.457 e. The molecule has 4 amide bonds. The number of hydrogen-bond acceptors (Lipinski definition) is 11. The zero-order valence-corrected chi connectivity index (χ0v) is 31.4. The van der Waals surface area contributed by atoms with E-state index in [0.29, 0.717) is 43.6 Å². The molecule has 0 spiro atoms.